The Hall–Kier alpha value is -1.19. The van der Waals surface area contributed by atoms with Crippen LogP contribution in [0.15, 0.2) is 6.20 Å². The molecule has 0 aromatic carbocycles. The summed E-state index contributed by atoms with van der Waals surface area (Å²) in [6.45, 7) is 5.62. The SMILES string of the molecule is CC(C)(C)c1nc(N)ncc1F. The molecule has 2 N–H and O–H groups in total. The lowest BCUT2D eigenvalue weighted by molar-refractivity contribution is 0.499. The van der Waals surface area contributed by atoms with Crippen LogP contribution < -0.4 is 5.73 Å². The van der Waals surface area contributed by atoms with Gasteiger partial charge in [-0.05, 0) is 0 Å². The molecule has 0 radical (unpaired) electrons. The fraction of sp³-hybridized carbons (Fsp3) is 0.500. The summed E-state index contributed by atoms with van der Waals surface area (Å²) in [6, 6.07) is 0. The number of hydrogen-bond donors (Lipinski definition) is 1. The summed E-state index contributed by atoms with van der Waals surface area (Å²) in [6.07, 6.45) is 1.10. The maximum atomic E-state index is 13.1. The highest BCUT2D eigenvalue weighted by atomic mass is 19.1. The quantitative estimate of drug-likeness (QED) is 0.640. The molecule has 1 rings (SSSR count). The predicted octanol–water partition coefficient (Wildman–Crippen LogP) is 1.50. The molecule has 0 saturated carbocycles. The molecule has 4 heteroatoms. The van der Waals surface area contributed by atoms with Gasteiger partial charge in [0.15, 0.2) is 5.82 Å². The van der Waals surface area contributed by atoms with Crippen LogP contribution in [0.5, 0.6) is 0 Å². The van der Waals surface area contributed by atoms with Gasteiger partial charge in [0.05, 0.1) is 11.9 Å². The maximum Gasteiger partial charge on any atom is 0.220 e. The Morgan fingerprint density at radius 3 is 2.42 bits per heavy atom. The number of nitrogens with zero attached hydrogens (tertiary/aromatic N) is 2. The van der Waals surface area contributed by atoms with Gasteiger partial charge in [-0.1, -0.05) is 20.8 Å². The Balaban J connectivity index is 3.23. The summed E-state index contributed by atoms with van der Waals surface area (Å²) in [5, 5.41) is 0. The van der Waals surface area contributed by atoms with Gasteiger partial charge >= 0.3 is 0 Å². The Morgan fingerprint density at radius 2 is 2.00 bits per heavy atom. The van der Waals surface area contributed by atoms with E-state index < -0.39 is 5.82 Å². The second-order valence-corrected chi connectivity index (χ2v) is 3.67. The largest absolute Gasteiger partial charge is 0.368 e. The summed E-state index contributed by atoms with van der Waals surface area (Å²) < 4.78 is 13.1. The molecule has 0 aliphatic heterocycles. The molecule has 0 aliphatic rings. The van der Waals surface area contributed by atoms with E-state index in [4.69, 9.17) is 5.73 Å². The first-order valence-electron chi connectivity index (χ1n) is 3.70. The zero-order chi connectivity index (χ0) is 9.35. The molecule has 1 heterocycles. The molecular formula is C8H12FN3. The summed E-state index contributed by atoms with van der Waals surface area (Å²) in [7, 11) is 0. The molecule has 0 unspecified atom stereocenters. The van der Waals surface area contributed by atoms with Crippen molar-refractivity contribution in [1.29, 1.82) is 0 Å². The summed E-state index contributed by atoms with van der Waals surface area (Å²) in [5.74, 6) is -0.293. The van der Waals surface area contributed by atoms with Crippen molar-refractivity contribution in [3.05, 3.63) is 17.7 Å². The van der Waals surface area contributed by atoms with Crippen molar-refractivity contribution >= 4 is 5.95 Å². The van der Waals surface area contributed by atoms with Crippen LogP contribution in [0.1, 0.15) is 26.5 Å². The average molecular weight is 169 g/mol. The zero-order valence-corrected chi connectivity index (χ0v) is 7.43. The average Bonchev–Trinajstić information content (AvgIpc) is 1.92. The third-order valence-electron chi connectivity index (χ3n) is 1.47. The van der Waals surface area contributed by atoms with Crippen LogP contribution in [0.4, 0.5) is 10.3 Å². The standard InChI is InChI=1S/C8H12FN3/c1-8(2,3)6-5(9)4-11-7(10)12-6/h4H,1-3H3,(H2,10,11,12). The Morgan fingerprint density at radius 1 is 1.42 bits per heavy atom. The third-order valence-corrected chi connectivity index (χ3v) is 1.47. The molecule has 0 saturated heterocycles. The Bertz CT molecular complexity index is 291. The van der Waals surface area contributed by atoms with Crippen LogP contribution in [-0.2, 0) is 5.41 Å². The first-order valence-corrected chi connectivity index (χ1v) is 3.70. The maximum absolute atomic E-state index is 13.1. The van der Waals surface area contributed by atoms with Gasteiger partial charge in [-0.3, -0.25) is 0 Å². The van der Waals surface area contributed by atoms with E-state index in [-0.39, 0.29) is 11.4 Å². The summed E-state index contributed by atoms with van der Waals surface area (Å²) in [5.41, 5.74) is 5.36. The number of rotatable bonds is 0. The highest BCUT2D eigenvalue weighted by Crippen LogP contribution is 2.22. The lowest BCUT2D eigenvalue weighted by Crippen LogP contribution is -2.17. The minimum atomic E-state index is -0.406. The van der Waals surface area contributed by atoms with Crippen LogP contribution >= 0.6 is 0 Å². The number of halogens is 1. The van der Waals surface area contributed by atoms with Crippen LogP contribution in [0, 0.1) is 5.82 Å². The van der Waals surface area contributed by atoms with Crippen LogP contribution in [0.25, 0.3) is 0 Å². The highest BCUT2D eigenvalue weighted by molar-refractivity contribution is 5.22. The lowest BCUT2D eigenvalue weighted by atomic mass is 9.92. The molecule has 0 fully saturated rings. The molecule has 0 spiro atoms. The molecule has 0 aliphatic carbocycles. The second kappa shape index (κ2) is 2.69. The summed E-state index contributed by atoms with van der Waals surface area (Å²) >= 11 is 0. The van der Waals surface area contributed by atoms with Gasteiger partial charge in [-0.2, -0.15) is 0 Å². The van der Waals surface area contributed by atoms with Crippen molar-refractivity contribution in [2.24, 2.45) is 0 Å². The van der Waals surface area contributed by atoms with Gasteiger partial charge in [-0.25, -0.2) is 14.4 Å². The fourth-order valence-corrected chi connectivity index (χ4v) is 0.907. The zero-order valence-electron chi connectivity index (χ0n) is 7.43. The van der Waals surface area contributed by atoms with Crippen molar-refractivity contribution in [2.45, 2.75) is 26.2 Å². The van der Waals surface area contributed by atoms with Crippen molar-refractivity contribution in [3.8, 4) is 0 Å². The molecule has 1 aromatic heterocycles. The number of aromatic nitrogens is 2. The Kier molecular flexibility index (Phi) is 2.00. The van der Waals surface area contributed by atoms with E-state index in [1.807, 2.05) is 20.8 Å². The first kappa shape index (κ1) is 8.90. The Labute approximate surface area is 70.8 Å². The molecule has 1 aromatic rings. The molecule has 66 valence electrons. The second-order valence-electron chi connectivity index (χ2n) is 3.67. The molecule has 0 atom stereocenters. The molecule has 3 nitrogen and oxygen atoms in total. The smallest absolute Gasteiger partial charge is 0.220 e. The molecule has 0 amide bonds. The van der Waals surface area contributed by atoms with E-state index in [2.05, 4.69) is 9.97 Å². The number of nitrogens with two attached hydrogens (primary N) is 1. The lowest BCUT2D eigenvalue weighted by Gasteiger charge is -2.17. The van der Waals surface area contributed by atoms with Gasteiger partial charge in [0, 0.05) is 5.41 Å². The fourth-order valence-electron chi connectivity index (χ4n) is 0.907. The van der Waals surface area contributed by atoms with Gasteiger partial charge in [0.25, 0.3) is 0 Å². The van der Waals surface area contributed by atoms with E-state index in [1.165, 1.54) is 0 Å². The van der Waals surface area contributed by atoms with E-state index in [0.717, 1.165) is 6.20 Å². The molecular weight excluding hydrogens is 157 g/mol. The third kappa shape index (κ3) is 1.69. The van der Waals surface area contributed by atoms with E-state index in [0.29, 0.717) is 5.69 Å². The van der Waals surface area contributed by atoms with Crippen molar-refractivity contribution < 1.29 is 4.39 Å². The van der Waals surface area contributed by atoms with Crippen molar-refractivity contribution in [1.82, 2.24) is 9.97 Å². The number of nitrogen functional groups attached to an aromatic ring is 1. The van der Waals surface area contributed by atoms with Gasteiger partial charge in [-0.15, -0.1) is 0 Å². The minimum Gasteiger partial charge on any atom is -0.368 e. The van der Waals surface area contributed by atoms with Crippen LogP contribution in [0.3, 0.4) is 0 Å². The van der Waals surface area contributed by atoms with Crippen LogP contribution in [0.2, 0.25) is 0 Å². The number of anilines is 1. The van der Waals surface area contributed by atoms with Crippen molar-refractivity contribution in [3.63, 3.8) is 0 Å². The predicted molar refractivity (Wildman–Crippen MR) is 45.1 cm³/mol. The molecule has 12 heavy (non-hydrogen) atoms. The van der Waals surface area contributed by atoms with Gasteiger partial charge in [0.2, 0.25) is 5.95 Å². The number of hydrogen-bond acceptors (Lipinski definition) is 3. The van der Waals surface area contributed by atoms with Crippen LogP contribution in [-0.4, -0.2) is 9.97 Å². The van der Waals surface area contributed by atoms with E-state index >= 15 is 0 Å². The minimum absolute atomic E-state index is 0.112. The normalized spacial score (nSPS) is 11.7. The molecule has 0 bridgehead atoms. The van der Waals surface area contributed by atoms with E-state index in [1.54, 1.807) is 0 Å². The topological polar surface area (TPSA) is 51.8 Å². The van der Waals surface area contributed by atoms with E-state index in [9.17, 15) is 4.39 Å². The van der Waals surface area contributed by atoms with Crippen molar-refractivity contribution in [2.75, 3.05) is 5.73 Å². The summed E-state index contributed by atoms with van der Waals surface area (Å²) in [4.78, 5) is 7.38. The van der Waals surface area contributed by atoms with Gasteiger partial charge < -0.3 is 5.73 Å². The first-order chi connectivity index (χ1) is 5.41. The van der Waals surface area contributed by atoms with Gasteiger partial charge in [0.1, 0.15) is 0 Å². The highest BCUT2D eigenvalue weighted by Gasteiger charge is 2.20. The monoisotopic (exact) mass is 169 g/mol.